The van der Waals surface area contributed by atoms with E-state index in [1.54, 1.807) is 4.72 Å². The molecule has 13 heteroatoms. The van der Waals surface area contributed by atoms with Crippen molar-refractivity contribution in [3.63, 3.8) is 0 Å². The molecule has 0 radical (unpaired) electrons. The van der Waals surface area contributed by atoms with Crippen LogP contribution in [0.1, 0.15) is 16.2 Å². The van der Waals surface area contributed by atoms with E-state index < -0.39 is 32.5 Å². The van der Waals surface area contributed by atoms with Crippen LogP contribution in [-0.4, -0.2) is 29.3 Å². The fourth-order valence-electron chi connectivity index (χ4n) is 2.36. The number of carbonyl (C=O) groups excluding carboxylic acids is 1. The molecule has 0 bridgehead atoms. The van der Waals surface area contributed by atoms with E-state index in [1.165, 1.54) is 19.1 Å². The molecule has 0 aliphatic carbocycles. The number of aromatic nitrogens is 3. The van der Waals surface area contributed by atoms with Crippen molar-refractivity contribution in [1.82, 2.24) is 19.7 Å². The highest BCUT2D eigenvalue weighted by molar-refractivity contribution is 7.90. The van der Waals surface area contributed by atoms with Crippen LogP contribution in [0.3, 0.4) is 0 Å². The normalized spacial score (nSPS) is 11.5. The summed E-state index contributed by atoms with van der Waals surface area (Å²) in [6, 6.07) is 4.58. The smallest absolute Gasteiger partial charge is 0.266 e. The van der Waals surface area contributed by atoms with E-state index in [9.17, 15) is 22.0 Å². The number of halogens is 5. The van der Waals surface area contributed by atoms with Crippen LogP contribution in [0.2, 0.25) is 15.1 Å². The first-order valence-electron chi connectivity index (χ1n) is 7.60. The maximum Gasteiger partial charge on any atom is 0.287 e. The monoisotopic (exact) mass is 480 g/mol. The van der Waals surface area contributed by atoms with Crippen LogP contribution in [0.15, 0.2) is 35.2 Å². The molecular formula is C16H9Cl3F2N4O3S. The van der Waals surface area contributed by atoms with E-state index in [-0.39, 0.29) is 32.1 Å². The summed E-state index contributed by atoms with van der Waals surface area (Å²) in [6.45, 7) is 1.43. The van der Waals surface area contributed by atoms with Crippen molar-refractivity contribution in [2.24, 2.45) is 0 Å². The number of hydrogen-bond donors (Lipinski definition) is 1. The lowest BCUT2D eigenvalue weighted by Gasteiger charge is -2.09. The zero-order valence-electron chi connectivity index (χ0n) is 14.3. The summed E-state index contributed by atoms with van der Waals surface area (Å²) in [7, 11) is -4.63. The lowest BCUT2D eigenvalue weighted by molar-refractivity contribution is 0.0976. The number of rotatable bonds is 4. The molecule has 3 rings (SSSR count). The largest absolute Gasteiger partial charge is 0.287 e. The number of carbonyl (C=O) groups is 1. The molecule has 0 fully saturated rings. The van der Waals surface area contributed by atoms with E-state index in [0.717, 1.165) is 10.7 Å². The Kier molecular flexibility index (Phi) is 5.81. The van der Waals surface area contributed by atoms with Crippen LogP contribution >= 0.6 is 34.8 Å². The van der Waals surface area contributed by atoms with Gasteiger partial charge in [0.05, 0.1) is 26.4 Å². The average molecular weight is 482 g/mol. The number of sulfonamides is 1. The third-order valence-electron chi connectivity index (χ3n) is 3.74. The molecule has 1 amide bonds. The van der Waals surface area contributed by atoms with Crippen molar-refractivity contribution in [2.45, 2.75) is 11.8 Å². The van der Waals surface area contributed by atoms with Gasteiger partial charge in [-0.1, -0.05) is 40.0 Å². The highest BCUT2D eigenvalue weighted by Gasteiger charge is 2.26. The molecule has 0 spiro atoms. The summed E-state index contributed by atoms with van der Waals surface area (Å²) in [4.78, 5) is 11.5. The van der Waals surface area contributed by atoms with Crippen molar-refractivity contribution in [2.75, 3.05) is 0 Å². The van der Waals surface area contributed by atoms with Crippen LogP contribution in [0.4, 0.5) is 8.78 Å². The minimum absolute atomic E-state index is 0.123. The fourth-order valence-corrected chi connectivity index (χ4v) is 4.00. The first kappa shape index (κ1) is 21.4. The van der Waals surface area contributed by atoms with Crippen LogP contribution in [0.25, 0.3) is 5.69 Å². The van der Waals surface area contributed by atoms with Crippen molar-refractivity contribution in [3.05, 3.63) is 68.4 Å². The van der Waals surface area contributed by atoms with Crippen molar-refractivity contribution in [1.29, 1.82) is 0 Å². The summed E-state index contributed by atoms with van der Waals surface area (Å²) in [6.07, 6.45) is 0. The summed E-state index contributed by atoms with van der Waals surface area (Å²) in [5, 5.41) is 7.94. The van der Waals surface area contributed by atoms with Crippen molar-refractivity contribution in [3.8, 4) is 5.69 Å². The second kappa shape index (κ2) is 7.86. The number of benzene rings is 2. The van der Waals surface area contributed by atoms with Gasteiger partial charge in [0.2, 0.25) is 0 Å². The average Bonchev–Trinajstić information content (AvgIpc) is 2.99. The Bertz CT molecular complexity index is 1250. The van der Waals surface area contributed by atoms with Gasteiger partial charge in [0.1, 0.15) is 16.5 Å². The molecule has 0 aliphatic heterocycles. The fraction of sp³-hybridized carbons (Fsp3) is 0.0625. The number of nitrogens with one attached hydrogen (secondary N) is 1. The Morgan fingerprint density at radius 2 is 1.72 bits per heavy atom. The molecule has 0 saturated heterocycles. The predicted octanol–water partition coefficient (Wildman–Crippen LogP) is 3.93. The zero-order chi connectivity index (χ0) is 21.5. The molecule has 3 aromatic rings. The quantitative estimate of drug-likeness (QED) is 0.570. The highest BCUT2D eigenvalue weighted by atomic mass is 35.5. The molecule has 1 aromatic heterocycles. The third-order valence-corrected chi connectivity index (χ3v) is 6.13. The Hall–Kier alpha value is -2.27. The maximum atomic E-state index is 13.8. The van der Waals surface area contributed by atoms with Crippen molar-refractivity contribution >= 4 is 50.7 Å². The Morgan fingerprint density at radius 3 is 2.38 bits per heavy atom. The van der Waals surface area contributed by atoms with E-state index >= 15 is 0 Å². The van der Waals surface area contributed by atoms with Gasteiger partial charge in [-0.15, -0.1) is 5.10 Å². The van der Waals surface area contributed by atoms with Gasteiger partial charge >= 0.3 is 0 Å². The second-order valence-corrected chi connectivity index (χ2v) is 8.53. The van der Waals surface area contributed by atoms with Gasteiger partial charge in [0, 0.05) is 6.07 Å². The molecular weight excluding hydrogens is 473 g/mol. The lowest BCUT2D eigenvalue weighted by Crippen LogP contribution is -2.32. The molecule has 2 aromatic carbocycles. The van der Waals surface area contributed by atoms with Crippen LogP contribution in [0.5, 0.6) is 0 Å². The number of amides is 1. The minimum atomic E-state index is -4.63. The van der Waals surface area contributed by atoms with Gasteiger partial charge in [0.25, 0.3) is 15.9 Å². The van der Waals surface area contributed by atoms with Crippen LogP contribution < -0.4 is 4.72 Å². The third kappa shape index (κ3) is 4.20. The molecule has 7 nitrogen and oxygen atoms in total. The van der Waals surface area contributed by atoms with Crippen LogP contribution in [0, 0.1) is 18.6 Å². The SMILES string of the molecule is Cc1c(C(=O)NS(=O)(=O)c2ccc(F)cc2F)nnn1-c1cc(Cl)c(Cl)cc1Cl. The van der Waals surface area contributed by atoms with Gasteiger partial charge in [-0.25, -0.2) is 26.6 Å². The first-order valence-corrected chi connectivity index (χ1v) is 10.2. The lowest BCUT2D eigenvalue weighted by atomic mass is 10.3. The number of hydrogen-bond acceptors (Lipinski definition) is 5. The molecule has 1 N–H and O–H groups in total. The number of nitrogens with zero attached hydrogens (tertiary/aromatic N) is 3. The van der Waals surface area contributed by atoms with Crippen molar-refractivity contribution < 1.29 is 22.0 Å². The first-order chi connectivity index (χ1) is 13.5. The van der Waals surface area contributed by atoms with E-state index in [0.29, 0.717) is 12.1 Å². The molecule has 0 atom stereocenters. The van der Waals surface area contributed by atoms with Gasteiger partial charge in [-0.2, -0.15) is 0 Å². The summed E-state index contributed by atoms with van der Waals surface area (Å²) < 4.78 is 54.1. The second-order valence-electron chi connectivity index (χ2n) is 5.66. The molecule has 29 heavy (non-hydrogen) atoms. The minimum Gasteiger partial charge on any atom is -0.266 e. The van der Waals surface area contributed by atoms with E-state index in [1.807, 2.05) is 0 Å². The molecule has 0 aliphatic rings. The molecule has 1 heterocycles. The Morgan fingerprint density at radius 1 is 1.07 bits per heavy atom. The predicted molar refractivity (Wildman–Crippen MR) is 102 cm³/mol. The van der Waals surface area contributed by atoms with E-state index in [4.69, 9.17) is 34.8 Å². The summed E-state index contributed by atoms with van der Waals surface area (Å²) >= 11 is 18.0. The van der Waals surface area contributed by atoms with Gasteiger partial charge in [-0.05, 0) is 31.2 Å². The molecule has 152 valence electrons. The zero-order valence-corrected chi connectivity index (χ0v) is 17.3. The summed E-state index contributed by atoms with van der Waals surface area (Å²) in [5.74, 6) is -3.49. The van der Waals surface area contributed by atoms with E-state index in [2.05, 4.69) is 10.3 Å². The highest BCUT2D eigenvalue weighted by Crippen LogP contribution is 2.31. The van der Waals surface area contributed by atoms with Gasteiger partial charge in [0.15, 0.2) is 5.69 Å². The van der Waals surface area contributed by atoms with Crippen LogP contribution in [-0.2, 0) is 10.0 Å². The standard InChI is InChI=1S/C16H9Cl3F2N4O3S/c1-7-15(22-24-25(7)13-6-10(18)9(17)5-11(13)19)16(26)23-29(27,28)14-3-2-8(20)4-12(14)21/h2-6H,1H3,(H,23,26). The van der Waals surface area contributed by atoms with Gasteiger partial charge < -0.3 is 0 Å². The topological polar surface area (TPSA) is 93.9 Å². The Labute approximate surface area is 178 Å². The molecule has 0 unspecified atom stereocenters. The van der Waals surface area contributed by atoms with Gasteiger partial charge in [-0.3, -0.25) is 4.79 Å². The molecule has 0 saturated carbocycles. The summed E-state index contributed by atoms with van der Waals surface area (Å²) in [5.41, 5.74) is 0.00774. The Balaban J connectivity index is 1.95. The maximum absolute atomic E-state index is 13.8.